The molecule has 1 aromatic carbocycles. The van der Waals surface area contributed by atoms with E-state index in [2.05, 4.69) is 76.1 Å². The number of carbonyl (C=O) groups excluding carboxylic acids is 1. The number of rotatable bonds is 8. The highest BCUT2D eigenvalue weighted by Gasteiger charge is 2.75. The molecular weight excluding hydrogens is 422 g/mol. The third-order valence-corrected chi connectivity index (χ3v) is 9.60. The van der Waals surface area contributed by atoms with Crippen LogP contribution in [-0.4, -0.2) is 44.2 Å². The van der Waals surface area contributed by atoms with Crippen LogP contribution < -0.4 is 5.32 Å². The minimum Gasteiger partial charge on any atom is -0.349 e. The summed E-state index contributed by atoms with van der Waals surface area (Å²) < 4.78 is 2.47. The maximum Gasteiger partial charge on any atom is 0.223 e. The van der Waals surface area contributed by atoms with E-state index in [-0.39, 0.29) is 17.9 Å². The number of nitrogens with one attached hydrogen (secondary N) is 1. The number of nitrogens with zero attached hydrogens (tertiary/aromatic N) is 4. The Morgan fingerprint density at radius 2 is 1.85 bits per heavy atom. The third kappa shape index (κ3) is 3.28. The summed E-state index contributed by atoms with van der Waals surface area (Å²) in [7, 11) is 0. The molecule has 6 nitrogen and oxygen atoms in total. The van der Waals surface area contributed by atoms with Gasteiger partial charge in [0.2, 0.25) is 5.91 Å². The summed E-state index contributed by atoms with van der Waals surface area (Å²) in [5.41, 5.74) is 1.67. The second kappa shape index (κ2) is 8.47. The number of hydrogen-bond acceptors (Lipinski definition) is 4. The van der Waals surface area contributed by atoms with Gasteiger partial charge in [-0.05, 0) is 51.0 Å². The lowest BCUT2D eigenvalue weighted by Crippen LogP contribution is -2.85. The van der Waals surface area contributed by atoms with E-state index in [1.807, 2.05) is 0 Å². The van der Waals surface area contributed by atoms with Crippen LogP contribution in [0.5, 0.6) is 0 Å². The van der Waals surface area contributed by atoms with Crippen molar-refractivity contribution in [2.75, 3.05) is 6.54 Å². The molecule has 3 saturated carbocycles. The molecule has 182 valence electrons. The van der Waals surface area contributed by atoms with Gasteiger partial charge in [0.1, 0.15) is 11.6 Å². The molecule has 2 aromatic rings. The fourth-order valence-electron chi connectivity index (χ4n) is 7.74. The maximum atomic E-state index is 13.0. The molecule has 1 N–H and O–H groups in total. The van der Waals surface area contributed by atoms with E-state index in [0.29, 0.717) is 29.5 Å². The Morgan fingerprint density at radius 3 is 2.50 bits per heavy atom. The van der Waals surface area contributed by atoms with E-state index >= 15 is 0 Å². The highest BCUT2D eigenvalue weighted by molar-refractivity contribution is 5.79. The average Bonchev–Trinajstić information content (AvgIpc) is 3.46. The van der Waals surface area contributed by atoms with E-state index < -0.39 is 0 Å². The number of aryl methyl sites for hydroxylation is 1. The third-order valence-electron chi connectivity index (χ3n) is 9.60. The van der Waals surface area contributed by atoms with Gasteiger partial charge in [-0.25, -0.2) is 0 Å². The molecule has 0 radical (unpaired) electrons. The Kier molecular flexibility index (Phi) is 5.55. The second-order valence-corrected chi connectivity index (χ2v) is 11.5. The zero-order valence-electron chi connectivity index (χ0n) is 20.9. The van der Waals surface area contributed by atoms with Crippen LogP contribution in [0, 0.1) is 18.3 Å². The van der Waals surface area contributed by atoms with Gasteiger partial charge < -0.3 is 9.88 Å². The van der Waals surface area contributed by atoms with Crippen molar-refractivity contribution in [2.45, 2.75) is 102 Å². The zero-order chi connectivity index (χ0) is 23.4. The Morgan fingerprint density at radius 1 is 1.09 bits per heavy atom. The quantitative estimate of drug-likeness (QED) is 0.606. The van der Waals surface area contributed by atoms with E-state index in [9.17, 15) is 4.79 Å². The summed E-state index contributed by atoms with van der Waals surface area (Å²) in [5, 5.41) is 12.4. The topological polar surface area (TPSA) is 63.1 Å². The predicted molar refractivity (Wildman–Crippen MR) is 132 cm³/mol. The fourth-order valence-corrected chi connectivity index (χ4v) is 7.74. The molecule has 1 aromatic heterocycles. The van der Waals surface area contributed by atoms with Crippen LogP contribution in [0.3, 0.4) is 0 Å². The van der Waals surface area contributed by atoms with Gasteiger partial charge in [0.05, 0.1) is 6.04 Å². The van der Waals surface area contributed by atoms with Crippen LogP contribution in [0.1, 0.15) is 100 Å². The molecule has 1 amide bonds. The molecule has 2 heterocycles. The Labute approximate surface area is 203 Å². The minimum atomic E-state index is 0.105. The largest absolute Gasteiger partial charge is 0.349 e. The Bertz CT molecular complexity index is 1030. The summed E-state index contributed by atoms with van der Waals surface area (Å²) in [6.07, 6.45) is 9.31. The normalized spacial score (nSPS) is 31.2. The van der Waals surface area contributed by atoms with Crippen LogP contribution in [0.25, 0.3) is 0 Å². The molecule has 4 fully saturated rings. The number of amides is 1. The lowest BCUT2D eigenvalue weighted by Gasteiger charge is -2.80. The maximum absolute atomic E-state index is 13.0. The van der Waals surface area contributed by atoms with Crippen LogP contribution >= 0.6 is 0 Å². The molecule has 1 saturated heterocycles. The molecular formula is C28H39N5O. The van der Waals surface area contributed by atoms with Crippen LogP contribution in [0.2, 0.25) is 0 Å². The second-order valence-electron chi connectivity index (χ2n) is 11.5. The van der Waals surface area contributed by atoms with E-state index in [1.165, 1.54) is 37.7 Å². The molecule has 4 aliphatic rings. The summed E-state index contributed by atoms with van der Waals surface area (Å²) in [5.74, 6) is 3.11. The molecule has 5 atom stereocenters. The van der Waals surface area contributed by atoms with Crippen LogP contribution in [0.15, 0.2) is 30.3 Å². The number of benzene rings is 1. The minimum absolute atomic E-state index is 0.105. The van der Waals surface area contributed by atoms with Crippen molar-refractivity contribution in [3.8, 4) is 0 Å². The van der Waals surface area contributed by atoms with Crippen molar-refractivity contribution < 1.29 is 4.79 Å². The molecule has 0 bridgehead atoms. The lowest BCUT2D eigenvalue weighted by atomic mass is 9.40. The van der Waals surface area contributed by atoms with E-state index in [4.69, 9.17) is 0 Å². The van der Waals surface area contributed by atoms with E-state index in [0.717, 1.165) is 37.5 Å². The SMILES string of the molecule is Cc1nnc(C(C)C)n1C1CC2N(CC[C@H](NC(=O)C3CCCC3)c3ccccc3)C3CCC321. The molecule has 34 heavy (non-hydrogen) atoms. The monoisotopic (exact) mass is 461 g/mol. The van der Waals surface area contributed by atoms with Gasteiger partial charge in [0.15, 0.2) is 0 Å². The van der Waals surface area contributed by atoms with Crippen LogP contribution in [-0.2, 0) is 4.79 Å². The van der Waals surface area contributed by atoms with Crippen molar-refractivity contribution in [3.05, 3.63) is 47.5 Å². The number of piperidine rings is 2. The molecule has 6 rings (SSSR count). The van der Waals surface area contributed by atoms with Gasteiger partial charge >= 0.3 is 0 Å². The van der Waals surface area contributed by atoms with Gasteiger partial charge in [-0.1, -0.05) is 57.0 Å². The first-order chi connectivity index (χ1) is 16.5. The smallest absolute Gasteiger partial charge is 0.223 e. The first-order valence-electron chi connectivity index (χ1n) is 13.5. The molecule has 1 spiro atoms. The van der Waals surface area contributed by atoms with Gasteiger partial charge in [-0.3, -0.25) is 9.69 Å². The van der Waals surface area contributed by atoms with Gasteiger partial charge in [-0.15, -0.1) is 10.2 Å². The van der Waals surface area contributed by atoms with Gasteiger partial charge in [-0.2, -0.15) is 0 Å². The van der Waals surface area contributed by atoms with Crippen molar-refractivity contribution in [3.63, 3.8) is 0 Å². The lowest BCUT2D eigenvalue weighted by molar-refractivity contribution is -0.295. The average molecular weight is 462 g/mol. The first kappa shape index (κ1) is 22.3. The highest BCUT2D eigenvalue weighted by atomic mass is 16.1. The standard InChI is InChI=1S/C28H39N5O/c1-18(2)26-31-30-19(3)33(26)25-17-24-28(25)15-13-23(28)32(24)16-14-22(20-9-5-4-6-10-20)29-27(34)21-11-7-8-12-21/h4-6,9-10,18,21-25H,7-8,11-17H2,1-3H3,(H,29,34)/t22-,23?,24?,25?,28?/m0/s1. The van der Waals surface area contributed by atoms with Gasteiger partial charge in [0.25, 0.3) is 0 Å². The van der Waals surface area contributed by atoms with Crippen molar-refractivity contribution in [1.29, 1.82) is 0 Å². The van der Waals surface area contributed by atoms with Crippen molar-refractivity contribution >= 4 is 5.91 Å². The number of likely N-dealkylation sites (tertiary alicyclic amines) is 1. The van der Waals surface area contributed by atoms with Gasteiger partial charge in [0, 0.05) is 41.9 Å². The van der Waals surface area contributed by atoms with E-state index in [1.54, 1.807) is 0 Å². The number of aromatic nitrogens is 3. The molecule has 1 aliphatic heterocycles. The number of carbonyl (C=O) groups is 1. The Hall–Kier alpha value is -2.21. The summed E-state index contributed by atoms with van der Waals surface area (Å²) in [4.78, 5) is 15.7. The first-order valence-corrected chi connectivity index (χ1v) is 13.5. The Balaban J connectivity index is 1.14. The molecule has 4 unspecified atom stereocenters. The summed E-state index contributed by atoms with van der Waals surface area (Å²) in [6, 6.07) is 12.6. The molecule has 6 heteroatoms. The van der Waals surface area contributed by atoms with Crippen molar-refractivity contribution in [2.24, 2.45) is 11.3 Å². The number of hydrogen-bond donors (Lipinski definition) is 1. The van der Waals surface area contributed by atoms with Crippen molar-refractivity contribution in [1.82, 2.24) is 25.0 Å². The fraction of sp³-hybridized carbons (Fsp3) is 0.679. The predicted octanol–water partition coefficient (Wildman–Crippen LogP) is 4.93. The summed E-state index contributed by atoms with van der Waals surface area (Å²) in [6.45, 7) is 7.63. The summed E-state index contributed by atoms with van der Waals surface area (Å²) >= 11 is 0. The molecule has 3 aliphatic carbocycles. The van der Waals surface area contributed by atoms with Crippen LogP contribution in [0.4, 0.5) is 0 Å². The zero-order valence-corrected chi connectivity index (χ0v) is 20.9. The highest BCUT2D eigenvalue weighted by Crippen LogP contribution is 2.73.